The van der Waals surface area contributed by atoms with Gasteiger partial charge in [0.1, 0.15) is 37.1 Å². The van der Waals surface area contributed by atoms with Gasteiger partial charge in [0, 0.05) is 11.8 Å². The molecule has 0 saturated heterocycles. The van der Waals surface area contributed by atoms with E-state index in [0.717, 1.165) is 0 Å². The number of halogens is 1. The van der Waals surface area contributed by atoms with Gasteiger partial charge in [-0.15, -0.1) is 0 Å². The molecule has 1 unspecified atom stereocenters. The van der Waals surface area contributed by atoms with E-state index < -0.39 is 18.0 Å². The van der Waals surface area contributed by atoms with Gasteiger partial charge in [0.05, 0.1) is 0 Å². The molecule has 0 bridgehead atoms. The van der Waals surface area contributed by atoms with Gasteiger partial charge < -0.3 is 28.7 Å². The van der Waals surface area contributed by atoms with Gasteiger partial charge in [-0.3, -0.25) is 4.79 Å². The van der Waals surface area contributed by atoms with Gasteiger partial charge in [0.15, 0.2) is 17.6 Å². The Kier molecular flexibility index (Phi) is 6.25. The van der Waals surface area contributed by atoms with Gasteiger partial charge in [-0.05, 0) is 55.5 Å². The molecule has 1 N–H and O–H groups in total. The monoisotopic (exact) mass is 441 g/mol. The number of hydrogen-bond donors (Lipinski definition) is 1. The van der Waals surface area contributed by atoms with Gasteiger partial charge in [-0.25, -0.2) is 9.18 Å². The molecule has 1 amide bonds. The van der Waals surface area contributed by atoms with Gasteiger partial charge in [-0.2, -0.15) is 0 Å². The fourth-order valence-electron chi connectivity index (χ4n) is 2.89. The summed E-state index contributed by atoms with van der Waals surface area (Å²) in [5.74, 6) is 0.222. The molecule has 0 radical (unpaired) electrons. The van der Waals surface area contributed by atoms with Crippen molar-refractivity contribution in [3.63, 3.8) is 0 Å². The molecule has 0 fully saturated rings. The number of hydrogen-bond acceptors (Lipinski definition) is 7. The number of esters is 1. The van der Waals surface area contributed by atoms with E-state index in [9.17, 15) is 14.0 Å². The van der Waals surface area contributed by atoms with Crippen LogP contribution in [0.1, 0.15) is 23.2 Å². The van der Waals surface area contributed by atoms with Crippen molar-refractivity contribution in [2.45, 2.75) is 19.6 Å². The largest absolute Gasteiger partial charge is 0.486 e. The third-order valence-electron chi connectivity index (χ3n) is 4.52. The van der Waals surface area contributed by atoms with Crippen molar-refractivity contribution in [3.8, 4) is 17.2 Å². The molecule has 2 aromatic carbocycles. The molecular weight excluding hydrogens is 421 g/mol. The maximum absolute atomic E-state index is 12.9. The van der Waals surface area contributed by atoms with Crippen molar-refractivity contribution >= 4 is 17.6 Å². The van der Waals surface area contributed by atoms with E-state index in [2.05, 4.69) is 5.32 Å². The SMILES string of the molecule is CC(OC(=O)c1ccc(COc2ccc(F)cc2)o1)C(=O)Nc1ccc2c(c1)OCCO2. The fourth-order valence-corrected chi connectivity index (χ4v) is 2.89. The second kappa shape index (κ2) is 9.42. The Labute approximate surface area is 182 Å². The van der Waals surface area contributed by atoms with Crippen LogP contribution in [-0.2, 0) is 16.1 Å². The topological polar surface area (TPSA) is 96.2 Å². The summed E-state index contributed by atoms with van der Waals surface area (Å²) in [5.41, 5.74) is 0.486. The van der Waals surface area contributed by atoms with Crippen LogP contribution in [-0.4, -0.2) is 31.2 Å². The summed E-state index contributed by atoms with van der Waals surface area (Å²) >= 11 is 0. The summed E-state index contributed by atoms with van der Waals surface area (Å²) in [6, 6.07) is 13.5. The lowest BCUT2D eigenvalue weighted by atomic mass is 10.2. The quantitative estimate of drug-likeness (QED) is 0.555. The number of rotatable bonds is 7. The summed E-state index contributed by atoms with van der Waals surface area (Å²) in [6.07, 6.45) is -1.07. The van der Waals surface area contributed by atoms with Crippen LogP contribution in [0.5, 0.6) is 17.2 Å². The summed E-state index contributed by atoms with van der Waals surface area (Å²) in [5, 5.41) is 2.67. The molecule has 1 aliphatic rings. The smallest absolute Gasteiger partial charge is 0.375 e. The Hall–Kier alpha value is -4.01. The van der Waals surface area contributed by atoms with E-state index in [1.54, 1.807) is 24.3 Å². The summed E-state index contributed by atoms with van der Waals surface area (Å²) < 4.78 is 39.9. The summed E-state index contributed by atoms with van der Waals surface area (Å²) in [7, 11) is 0. The zero-order valence-corrected chi connectivity index (χ0v) is 17.1. The average molecular weight is 441 g/mol. The lowest BCUT2D eigenvalue weighted by molar-refractivity contribution is -0.123. The Morgan fingerprint density at radius 2 is 1.78 bits per heavy atom. The minimum atomic E-state index is -1.07. The lowest BCUT2D eigenvalue weighted by Gasteiger charge is -2.19. The third-order valence-corrected chi connectivity index (χ3v) is 4.52. The predicted octanol–water partition coefficient (Wildman–Crippen LogP) is 3.95. The number of carbonyl (C=O) groups excluding carboxylic acids is 2. The first kappa shape index (κ1) is 21.2. The van der Waals surface area contributed by atoms with Crippen LogP contribution in [0.2, 0.25) is 0 Å². The lowest BCUT2D eigenvalue weighted by Crippen LogP contribution is -2.30. The Morgan fingerprint density at radius 3 is 2.56 bits per heavy atom. The molecule has 1 aromatic heterocycles. The zero-order chi connectivity index (χ0) is 22.5. The van der Waals surface area contributed by atoms with Crippen molar-refractivity contribution in [3.05, 3.63) is 71.9 Å². The summed E-state index contributed by atoms with van der Waals surface area (Å²) in [4.78, 5) is 24.7. The number of furan rings is 1. The van der Waals surface area contributed by atoms with Crippen molar-refractivity contribution in [1.82, 2.24) is 0 Å². The number of benzene rings is 2. The van der Waals surface area contributed by atoms with Crippen LogP contribution in [0.3, 0.4) is 0 Å². The number of ether oxygens (including phenoxy) is 4. The molecule has 0 saturated carbocycles. The van der Waals surface area contributed by atoms with Gasteiger partial charge >= 0.3 is 5.97 Å². The minimum absolute atomic E-state index is 0.0407. The van der Waals surface area contributed by atoms with E-state index in [1.165, 1.54) is 37.3 Å². The van der Waals surface area contributed by atoms with Crippen LogP contribution in [0.4, 0.5) is 10.1 Å². The van der Waals surface area contributed by atoms with Crippen molar-refractivity contribution in [1.29, 1.82) is 0 Å². The van der Waals surface area contributed by atoms with Crippen LogP contribution in [0.25, 0.3) is 0 Å². The highest BCUT2D eigenvalue weighted by Crippen LogP contribution is 2.32. The van der Waals surface area contributed by atoms with Crippen molar-refractivity contribution in [2.24, 2.45) is 0 Å². The highest BCUT2D eigenvalue weighted by molar-refractivity contribution is 5.96. The zero-order valence-electron chi connectivity index (χ0n) is 17.1. The van der Waals surface area contributed by atoms with Crippen LogP contribution in [0, 0.1) is 5.82 Å². The molecule has 9 heteroatoms. The van der Waals surface area contributed by atoms with Crippen LogP contribution >= 0.6 is 0 Å². The molecule has 0 spiro atoms. The first-order valence-electron chi connectivity index (χ1n) is 9.86. The highest BCUT2D eigenvalue weighted by Gasteiger charge is 2.22. The molecule has 4 rings (SSSR count). The highest BCUT2D eigenvalue weighted by atomic mass is 19.1. The minimum Gasteiger partial charge on any atom is -0.486 e. The number of carbonyl (C=O) groups is 2. The molecule has 8 nitrogen and oxygen atoms in total. The molecule has 166 valence electrons. The molecule has 3 aromatic rings. The average Bonchev–Trinajstić information content (AvgIpc) is 3.28. The predicted molar refractivity (Wildman–Crippen MR) is 110 cm³/mol. The second-order valence-corrected chi connectivity index (χ2v) is 6.90. The molecule has 2 heterocycles. The normalized spacial score (nSPS) is 13.2. The van der Waals surface area contributed by atoms with Crippen molar-refractivity contribution < 1.29 is 37.3 Å². The number of fused-ring (bicyclic) bond motifs is 1. The molecule has 0 aliphatic carbocycles. The van der Waals surface area contributed by atoms with Crippen LogP contribution < -0.4 is 19.5 Å². The Balaban J connectivity index is 1.29. The molecular formula is C23H20FNO7. The maximum Gasteiger partial charge on any atom is 0.375 e. The van der Waals surface area contributed by atoms with Gasteiger partial charge in [0.2, 0.25) is 5.76 Å². The summed E-state index contributed by atoms with van der Waals surface area (Å²) in [6.45, 7) is 2.39. The molecule has 32 heavy (non-hydrogen) atoms. The van der Waals surface area contributed by atoms with E-state index >= 15 is 0 Å². The number of amides is 1. The molecule has 1 atom stereocenters. The first-order chi connectivity index (χ1) is 15.5. The molecule has 1 aliphatic heterocycles. The maximum atomic E-state index is 12.9. The van der Waals surface area contributed by atoms with Crippen molar-refractivity contribution in [2.75, 3.05) is 18.5 Å². The van der Waals surface area contributed by atoms with Gasteiger partial charge in [-0.1, -0.05) is 0 Å². The Morgan fingerprint density at radius 1 is 1.03 bits per heavy atom. The second-order valence-electron chi connectivity index (χ2n) is 6.90. The standard InChI is InChI=1S/C23H20FNO7/c1-14(22(26)25-16-4-8-19-21(12-16)29-11-10-28-19)31-23(27)20-9-7-18(32-20)13-30-17-5-2-15(24)3-6-17/h2-9,12,14H,10-11,13H2,1H3,(H,25,26). The van der Waals surface area contributed by atoms with Crippen LogP contribution in [0.15, 0.2) is 59.0 Å². The third kappa shape index (κ3) is 5.18. The number of nitrogens with one attached hydrogen (secondary N) is 1. The van der Waals surface area contributed by atoms with E-state index in [4.69, 9.17) is 23.4 Å². The first-order valence-corrected chi connectivity index (χ1v) is 9.86. The number of anilines is 1. The van der Waals surface area contributed by atoms with E-state index in [0.29, 0.717) is 41.9 Å². The Bertz CT molecular complexity index is 1110. The fraction of sp³-hybridized carbons (Fsp3) is 0.217. The van der Waals surface area contributed by atoms with Gasteiger partial charge in [0.25, 0.3) is 5.91 Å². The van der Waals surface area contributed by atoms with E-state index in [-0.39, 0.29) is 18.2 Å². The van der Waals surface area contributed by atoms with E-state index in [1.807, 2.05) is 0 Å².